The maximum absolute atomic E-state index is 13.2. The summed E-state index contributed by atoms with van der Waals surface area (Å²) in [5, 5.41) is 11.5. The van der Waals surface area contributed by atoms with E-state index in [1.54, 1.807) is 48.7 Å². The first kappa shape index (κ1) is 21.1. The lowest BCUT2D eigenvalue weighted by molar-refractivity contribution is -0.384. The number of rotatable bonds is 7. The number of fused-ring (bicyclic) bond motifs is 1. The molecule has 0 saturated carbocycles. The molecule has 2 aromatic carbocycles. The number of non-ortho nitro benzene ring substituents is 1. The van der Waals surface area contributed by atoms with Crippen LogP contribution in [0, 0.1) is 10.1 Å². The zero-order valence-corrected chi connectivity index (χ0v) is 17.9. The number of carbonyl (C=O) groups is 1. The standard InChI is InChI=1S/C23H18N4O4S/c1-31-19-8-9-21-20(13-19)25-23(32-21)26(15-17-5-3-11-24-14-17)22(28)10-7-16-4-2-6-18(12-16)27(29)30/h2-14H,15H2,1H3. The van der Waals surface area contributed by atoms with Crippen molar-refractivity contribution in [1.82, 2.24) is 9.97 Å². The predicted octanol–water partition coefficient (Wildman–Crippen LogP) is 4.85. The third-order valence-electron chi connectivity index (χ3n) is 4.64. The Morgan fingerprint density at radius 1 is 1.22 bits per heavy atom. The van der Waals surface area contributed by atoms with Gasteiger partial charge in [-0.2, -0.15) is 0 Å². The van der Waals surface area contributed by atoms with Crippen molar-refractivity contribution in [3.8, 4) is 5.75 Å². The Bertz CT molecular complexity index is 1300. The zero-order valence-electron chi connectivity index (χ0n) is 17.0. The van der Waals surface area contributed by atoms with Gasteiger partial charge in [0.25, 0.3) is 11.6 Å². The fraction of sp³-hybridized carbons (Fsp3) is 0.0870. The first-order chi connectivity index (χ1) is 15.5. The maximum atomic E-state index is 13.2. The van der Waals surface area contributed by atoms with E-state index >= 15 is 0 Å². The molecule has 0 unspecified atom stereocenters. The normalized spacial score (nSPS) is 11.0. The quantitative estimate of drug-likeness (QED) is 0.229. The van der Waals surface area contributed by atoms with Crippen molar-refractivity contribution < 1.29 is 14.5 Å². The van der Waals surface area contributed by atoms with E-state index in [0.29, 0.717) is 16.4 Å². The largest absolute Gasteiger partial charge is 0.497 e. The SMILES string of the molecule is COc1ccc2sc(N(Cc3cccnc3)C(=O)C=Cc3cccc([N+](=O)[O-])c3)nc2c1. The van der Waals surface area contributed by atoms with Crippen molar-refractivity contribution in [2.24, 2.45) is 0 Å². The van der Waals surface area contributed by atoms with E-state index in [4.69, 9.17) is 4.74 Å². The summed E-state index contributed by atoms with van der Waals surface area (Å²) >= 11 is 1.39. The van der Waals surface area contributed by atoms with E-state index in [2.05, 4.69) is 9.97 Å². The summed E-state index contributed by atoms with van der Waals surface area (Å²) in [5.41, 5.74) is 2.10. The van der Waals surface area contributed by atoms with Crippen LogP contribution < -0.4 is 9.64 Å². The monoisotopic (exact) mass is 446 g/mol. The van der Waals surface area contributed by atoms with Crippen LogP contribution in [0.25, 0.3) is 16.3 Å². The molecule has 32 heavy (non-hydrogen) atoms. The summed E-state index contributed by atoms with van der Waals surface area (Å²) in [6.07, 6.45) is 6.31. The molecule has 0 bridgehead atoms. The van der Waals surface area contributed by atoms with E-state index in [-0.39, 0.29) is 18.1 Å². The van der Waals surface area contributed by atoms with E-state index in [1.165, 1.54) is 29.5 Å². The summed E-state index contributed by atoms with van der Waals surface area (Å²) < 4.78 is 6.19. The Balaban J connectivity index is 1.67. The molecule has 0 aliphatic heterocycles. The van der Waals surface area contributed by atoms with Gasteiger partial charge < -0.3 is 4.74 Å². The van der Waals surface area contributed by atoms with Gasteiger partial charge in [0.05, 0.1) is 28.8 Å². The number of aromatic nitrogens is 2. The number of hydrogen-bond acceptors (Lipinski definition) is 7. The molecular formula is C23H18N4O4S. The number of nitrogens with zero attached hydrogens (tertiary/aromatic N) is 4. The minimum absolute atomic E-state index is 0.0352. The molecule has 0 atom stereocenters. The number of anilines is 1. The molecule has 0 spiro atoms. The third-order valence-corrected chi connectivity index (χ3v) is 5.70. The molecule has 4 aromatic rings. The second-order valence-corrected chi connectivity index (χ2v) is 7.81. The van der Waals surface area contributed by atoms with Gasteiger partial charge in [0, 0.05) is 36.7 Å². The van der Waals surface area contributed by atoms with Crippen molar-refractivity contribution in [2.45, 2.75) is 6.54 Å². The molecule has 0 saturated heterocycles. The highest BCUT2D eigenvalue weighted by molar-refractivity contribution is 7.22. The summed E-state index contributed by atoms with van der Waals surface area (Å²) in [5.74, 6) is 0.386. The zero-order chi connectivity index (χ0) is 22.5. The number of thiazole rings is 1. The van der Waals surface area contributed by atoms with Crippen LogP contribution in [0.4, 0.5) is 10.8 Å². The topological polar surface area (TPSA) is 98.5 Å². The molecule has 160 valence electrons. The predicted molar refractivity (Wildman–Crippen MR) is 124 cm³/mol. The molecule has 0 aliphatic carbocycles. The van der Waals surface area contributed by atoms with Crippen molar-refractivity contribution in [3.63, 3.8) is 0 Å². The second-order valence-electron chi connectivity index (χ2n) is 6.80. The Labute approximate surface area is 187 Å². The number of amides is 1. The van der Waals surface area contributed by atoms with Crippen molar-refractivity contribution in [2.75, 3.05) is 12.0 Å². The number of nitro groups is 1. The molecule has 9 heteroatoms. The highest BCUT2D eigenvalue weighted by Crippen LogP contribution is 2.32. The van der Waals surface area contributed by atoms with Gasteiger partial charge in [-0.25, -0.2) is 4.98 Å². The van der Waals surface area contributed by atoms with Crippen LogP contribution in [0.3, 0.4) is 0 Å². The Kier molecular flexibility index (Phi) is 6.18. The summed E-state index contributed by atoms with van der Waals surface area (Å²) in [4.78, 5) is 34.0. The highest BCUT2D eigenvalue weighted by atomic mass is 32.1. The van der Waals surface area contributed by atoms with Crippen LogP contribution in [-0.4, -0.2) is 27.9 Å². The van der Waals surface area contributed by atoms with Gasteiger partial charge in [-0.3, -0.25) is 24.8 Å². The Morgan fingerprint density at radius 3 is 2.84 bits per heavy atom. The van der Waals surface area contributed by atoms with Gasteiger partial charge in [0.2, 0.25) is 0 Å². The average molecular weight is 446 g/mol. The first-order valence-corrected chi connectivity index (χ1v) is 10.4. The van der Waals surface area contributed by atoms with Gasteiger partial charge in [-0.15, -0.1) is 0 Å². The van der Waals surface area contributed by atoms with Crippen molar-refractivity contribution in [1.29, 1.82) is 0 Å². The van der Waals surface area contributed by atoms with E-state index < -0.39 is 4.92 Å². The lowest BCUT2D eigenvalue weighted by Gasteiger charge is -2.18. The lowest BCUT2D eigenvalue weighted by atomic mass is 10.2. The van der Waals surface area contributed by atoms with Gasteiger partial charge in [0.15, 0.2) is 5.13 Å². The number of nitro benzene ring substituents is 1. The average Bonchev–Trinajstić information content (AvgIpc) is 3.24. The summed E-state index contributed by atoms with van der Waals surface area (Å²) in [7, 11) is 1.59. The molecule has 0 radical (unpaired) electrons. The highest BCUT2D eigenvalue weighted by Gasteiger charge is 2.19. The number of pyridine rings is 1. The van der Waals surface area contributed by atoms with E-state index in [1.807, 2.05) is 24.3 Å². The number of ether oxygens (including phenoxy) is 1. The fourth-order valence-electron chi connectivity index (χ4n) is 3.05. The van der Waals surface area contributed by atoms with Gasteiger partial charge in [-0.05, 0) is 35.4 Å². The molecule has 8 nitrogen and oxygen atoms in total. The minimum Gasteiger partial charge on any atom is -0.497 e. The number of hydrogen-bond donors (Lipinski definition) is 0. The second kappa shape index (κ2) is 9.36. The van der Waals surface area contributed by atoms with Crippen LogP contribution in [0.1, 0.15) is 11.1 Å². The van der Waals surface area contributed by atoms with Crippen molar-refractivity contribution in [3.05, 3.63) is 94.3 Å². The first-order valence-electron chi connectivity index (χ1n) is 9.61. The lowest BCUT2D eigenvalue weighted by Crippen LogP contribution is -2.28. The van der Waals surface area contributed by atoms with Crippen LogP contribution in [-0.2, 0) is 11.3 Å². The van der Waals surface area contributed by atoms with Crippen molar-refractivity contribution >= 4 is 44.4 Å². The Morgan fingerprint density at radius 2 is 2.09 bits per heavy atom. The maximum Gasteiger partial charge on any atom is 0.270 e. The summed E-state index contributed by atoms with van der Waals surface area (Å²) in [6, 6.07) is 15.4. The molecule has 2 heterocycles. The molecule has 1 amide bonds. The molecule has 0 aliphatic rings. The number of benzene rings is 2. The molecule has 0 N–H and O–H groups in total. The van der Waals surface area contributed by atoms with Gasteiger partial charge in [-0.1, -0.05) is 29.5 Å². The molecule has 2 aromatic heterocycles. The number of carbonyl (C=O) groups excluding carboxylic acids is 1. The van der Waals surface area contributed by atoms with Crippen LogP contribution in [0.15, 0.2) is 73.1 Å². The van der Waals surface area contributed by atoms with E-state index in [0.717, 1.165) is 15.8 Å². The van der Waals surface area contributed by atoms with Crippen LogP contribution in [0.2, 0.25) is 0 Å². The summed E-state index contributed by atoms with van der Waals surface area (Å²) in [6.45, 7) is 0.281. The van der Waals surface area contributed by atoms with Gasteiger partial charge in [0.1, 0.15) is 5.75 Å². The van der Waals surface area contributed by atoms with Crippen LogP contribution in [0.5, 0.6) is 5.75 Å². The van der Waals surface area contributed by atoms with Gasteiger partial charge >= 0.3 is 0 Å². The van der Waals surface area contributed by atoms with Crippen LogP contribution >= 0.6 is 11.3 Å². The molecular weight excluding hydrogens is 428 g/mol. The molecule has 0 fully saturated rings. The van der Waals surface area contributed by atoms with E-state index in [9.17, 15) is 14.9 Å². The fourth-order valence-corrected chi connectivity index (χ4v) is 4.00. The third kappa shape index (κ3) is 4.79. The minimum atomic E-state index is -0.469. The Hall–Kier alpha value is -4.11. The number of methoxy groups -OCH3 is 1. The molecule has 4 rings (SSSR count). The smallest absolute Gasteiger partial charge is 0.270 e.